The minimum Gasteiger partial charge on any atom is -0.489 e. The first kappa shape index (κ1) is 24.2. The average molecular weight is 509 g/mol. The van der Waals surface area contributed by atoms with Crippen molar-refractivity contribution >= 4 is 45.8 Å². The van der Waals surface area contributed by atoms with Crippen LogP contribution in [0, 0.1) is 5.92 Å². The maximum atomic E-state index is 12.7. The van der Waals surface area contributed by atoms with Gasteiger partial charge in [-0.15, -0.1) is 0 Å². The second-order valence-electron chi connectivity index (χ2n) is 9.45. The third kappa shape index (κ3) is 5.51. The molecule has 3 aromatic rings. The Balaban J connectivity index is 1.23. The summed E-state index contributed by atoms with van der Waals surface area (Å²) in [5, 5.41) is 4.47. The molecule has 0 unspecified atom stereocenters. The molecule has 3 heterocycles. The number of carbonyl (C=O) groups is 2. The van der Waals surface area contributed by atoms with E-state index in [4.69, 9.17) is 22.1 Å². The highest BCUT2D eigenvalue weighted by Crippen LogP contribution is 2.33. The number of fused-ring (bicyclic) bond motifs is 1. The molecule has 36 heavy (non-hydrogen) atoms. The molecule has 1 aromatic carbocycles. The Morgan fingerprint density at radius 3 is 2.58 bits per heavy atom. The summed E-state index contributed by atoms with van der Waals surface area (Å²) >= 11 is 6.56. The van der Waals surface area contributed by atoms with Gasteiger partial charge in [0.05, 0.1) is 28.9 Å². The van der Waals surface area contributed by atoms with Gasteiger partial charge >= 0.3 is 0 Å². The second kappa shape index (κ2) is 10.7. The van der Waals surface area contributed by atoms with E-state index in [-0.39, 0.29) is 18.4 Å². The summed E-state index contributed by atoms with van der Waals surface area (Å²) in [4.78, 5) is 38.8. The molecular formula is C26H29ClN6O3. The quantitative estimate of drug-likeness (QED) is 0.494. The number of piperidine rings is 1. The van der Waals surface area contributed by atoms with Gasteiger partial charge in [-0.05, 0) is 37.1 Å². The van der Waals surface area contributed by atoms with Crippen LogP contribution in [0.15, 0.2) is 36.8 Å². The zero-order valence-corrected chi connectivity index (χ0v) is 20.7. The molecule has 0 atom stereocenters. The first-order chi connectivity index (χ1) is 17.5. The summed E-state index contributed by atoms with van der Waals surface area (Å²) in [6.45, 7) is 1.45. The van der Waals surface area contributed by atoms with Crippen LogP contribution in [0.25, 0.3) is 10.9 Å². The van der Waals surface area contributed by atoms with Gasteiger partial charge in [0, 0.05) is 42.9 Å². The lowest BCUT2D eigenvalue weighted by atomic mass is 10.0. The maximum Gasteiger partial charge on any atom is 0.225 e. The number of carbonyl (C=O) groups excluding carboxylic acids is 2. The van der Waals surface area contributed by atoms with Gasteiger partial charge in [-0.25, -0.2) is 9.97 Å². The number of hydrogen-bond donors (Lipinski definition) is 2. The molecule has 1 aliphatic carbocycles. The van der Waals surface area contributed by atoms with Gasteiger partial charge in [-0.1, -0.05) is 24.4 Å². The number of ether oxygens (including phenoxy) is 1. The molecule has 9 nitrogen and oxygen atoms in total. The van der Waals surface area contributed by atoms with Crippen molar-refractivity contribution in [1.82, 2.24) is 19.9 Å². The van der Waals surface area contributed by atoms with E-state index >= 15 is 0 Å². The summed E-state index contributed by atoms with van der Waals surface area (Å²) < 4.78 is 6.19. The van der Waals surface area contributed by atoms with Crippen molar-refractivity contribution in [2.24, 2.45) is 11.7 Å². The largest absolute Gasteiger partial charge is 0.489 e. The Morgan fingerprint density at radius 1 is 1.08 bits per heavy atom. The van der Waals surface area contributed by atoms with Gasteiger partial charge in [0.25, 0.3) is 0 Å². The number of nitrogens with two attached hydrogens (primary N) is 1. The molecule has 1 aliphatic heterocycles. The fraction of sp³-hybridized carbons (Fsp3) is 0.423. The molecule has 0 spiro atoms. The lowest BCUT2D eigenvalue weighted by molar-refractivity contribution is -0.137. The van der Waals surface area contributed by atoms with Gasteiger partial charge in [0.1, 0.15) is 24.0 Å². The summed E-state index contributed by atoms with van der Waals surface area (Å²) in [6, 6.07) is 7.25. The molecular weight excluding hydrogens is 480 g/mol. The Hall–Kier alpha value is -3.46. The molecule has 1 saturated heterocycles. The fourth-order valence-electron chi connectivity index (χ4n) is 4.99. The van der Waals surface area contributed by atoms with Crippen molar-refractivity contribution in [3.05, 3.63) is 47.5 Å². The number of halogens is 1. The van der Waals surface area contributed by atoms with Crippen LogP contribution in [0.3, 0.4) is 0 Å². The minimum atomic E-state index is -0.457. The van der Waals surface area contributed by atoms with Gasteiger partial charge in [0.2, 0.25) is 11.8 Å². The van der Waals surface area contributed by atoms with Crippen LogP contribution in [-0.2, 0) is 16.0 Å². The van der Waals surface area contributed by atoms with Crippen molar-refractivity contribution in [2.45, 2.75) is 51.0 Å². The number of anilines is 2. The standard InChI is InChI=1S/C26H29ClN6O3/c27-21-12-17(32-25-20-11-18(13-24(28)34)29-14-22(20)30-15-31-25)5-6-23(21)36-19-7-9-33(10-8-19)26(35)16-3-1-2-4-16/h5-6,11-12,14-16,19H,1-4,7-10,13H2,(H2,28,34)(H,30,31,32). The summed E-state index contributed by atoms with van der Waals surface area (Å²) in [5.74, 6) is 1.26. The van der Waals surface area contributed by atoms with Crippen LogP contribution in [0.1, 0.15) is 44.2 Å². The zero-order chi connectivity index (χ0) is 25.1. The first-order valence-corrected chi connectivity index (χ1v) is 12.7. The van der Waals surface area contributed by atoms with Crippen LogP contribution >= 0.6 is 11.6 Å². The molecule has 188 valence electrons. The molecule has 2 aliphatic rings. The predicted octanol–water partition coefficient (Wildman–Crippen LogP) is 4.01. The van der Waals surface area contributed by atoms with E-state index in [2.05, 4.69) is 20.3 Å². The van der Waals surface area contributed by atoms with E-state index in [0.29, 0.717) is 33.7 Å². The summed E-state index contributed by atoms with van der Waals surface area (Å²) in [7, 11) is 0. The summed E-state index contributed by atoms with van der Waals surface area (Å²) in [5.41, 5.74) is 7.23. The number of nitrogens with zero attached hydrogens (tertiary/aromatic N) is 4. The Bertz CT molecular complexity index is 1270. The third-order valence-corrected chi connectivity index (χ3v) is 7.18. The van der Waals surface area contributed by atoms with Crippen LogP contribution < -0.4 is 15.8 Å². The third-order valence-electron chi connectivity index (χ3n) is 6.88. The molecule has 0 radical (unpaired) electrons. The van der Waals surface area contributed by atoms with Crippen LogP contribution in [0.5, 0.6) is 5.75 Å². The molecule has 5 rings (SSSR count). The number of primary amides is 1. The topological polar surface area (TPSA) is 123 Å². The van der Waals surface area contributed by atoms with Crippen molar-refractivity contribution in [1.29, 1.82) is 0 Å². The van der Waals surface area contributed by atoms with E-state index in [9.17, 15) is 9.59 Å². The van der Waals surface area contributed by atoms with Gasteiger partial charge in [0.15, 0.2) is 0 Å². The van der Waals surface area contributed by atoms with E-state index in [1.165, 1.54) is 19.2 Å². The predicted molar refractivity (Wildman–Crippen MR) is 137 cm³/mol. The van der Waals surface area contributed by atoms with Crippen LogP contribution in [-0.4, -0.2) is 50.9 Å². The summed E-state index contributed by atoms with van der Waals surface area (Å²) in [6.07, 6.45) is 9.09. The molecule has 10 heteroatoms. The lowest BCUT2D eigenvalue weighted by Crippen LogP contribution is -2.44. The molecule has 2 aromatic heterocycles. The highest BCUT2D eigenvalue weighted by Gasteiger charge is 2.30. The number of rotatable bonds is 7. The first-order valence-electron chi connectivity index (χ1n) is 12.4. The molecule has 1 saturated carbocycles. The van der Waals surface area contributed by atoms with E-state index in [1.807, 2.05) is 17.0 Å². The van der Waals surface area contributed by atoms with Crippen molar-refractivity contribution in [2.75, 3.05) is 18.4 Å². The Labute approximate surface area is 214 Å². The van der Waals surface area contributed by atoms with Gasteiger partial charge in [-0.2, -0.15) is 0 Å². The normalized spacial score (nSPS) is 16.9. The number of amides is 2. The van der Waals surface area contributed by atoms with E-state index < -0.39 is 5.91 Å². The molecule has 3 N–H and O–H groups in total. The van der Waals surface area contributed by atoms with Gasteiger partial charge < -0.3 is 20.7 Å². The van der Waals surface area contributed by atoms with Crippen molar-refractivity contribution in [3.63, 3.8) is 0 Å². The number of benzene rings is 1. The minimum absolute atomic E-state index is 0.0240. The van der Waals surface area contributed by atoms with E-state index in [0.717, 1.165) is 49.8 Å². The number of pyridine rings is 1. The van der Waals surface area contributed by atoms with Crippen molar-refractivity contribution in [3.8, 4) is 5.75 Å². The SMILES string of the molecule is NC(=O)Cc1cc2c(Nc3ccc(OC4CCN(C(=O)C5CCCC5)CC4)c(Cl)c3)ncnc2cn1. The number of nitrogens with one attached hydrogen (secondary N) is 1. The van der Waals surface area contributed by atoms with Crippen LogP contribution in [0.4, 0.5) is 11.5 Å². The zero-order valence-electron chi connectivity index (χ0n) is 20.0. The number of aromatic nitrogens is 3. The van der Waals surface area contributed by atoms with Crippen LogP contribution in [0.2, 0.25) is 5.02 Å². The Morgan fingerprint density at radius 2 is 1.86 bits per heavy atom. The van der Waals surface area contributed by atoms with Crippen molar-refractivity contribution < 1.29 is 14.3 Å². The lowest BCUT2D eigenvalue weighted by Gasteiger charge is -2.33. The molecule has 2 fully saturated rings. The smallest absolute Gasteiger partial charge is 0.225 e. The monoisotopic (exact) mass is 508 g/mol. The molecule has 0 bridgehead atoms. The average Bonchev–Trinajstić information content (AvgIpc) is 3.41. The number of likely N-dealkylation sites (tertiary alicyclic amines) is 1. The molecule has 2 amide bonds. The second-order valence-corrected chi connectivity index (χ2v) is 9.86. The van der Waals surface area contributed by atoms with E-state index in [1.54, 1.807) is 18.3 Å². The highest BCUT2D eigenvalue weighted by atomic mass is 35.5. The highest BCUT2D eigenvalue weighted by molar-refractivity contribution is 6.32. The number of hydrogen-bond acceptors (Lipinski definition) is 7. The maximum absolute atomic E-state index is 12.7. The fourth-order valence-corrected chi connectivity index (χ4v) is 5.22. The Kier molecular flexibility index (Phi) is 7.18. The van der Waals surface area contributed by atoms with Gasteiger partial charge in [-0.3, -0.25) is 14.6 Å².